The Morgan fingerprint density at radius 1 is 1.53 bits per heavy atom. The van der Waals surface area contributed by atoms with Gasteiger partial charge in [-0.3, -0.25) is 0 Å². The average Bonchev–Trinajstić information content (AvgIpc) is 2.22. The highest BCUT2D eigenvalue weighted by molar-refractivity contribution is 9.10. The Hall–Kier alpha value is -0.310. The van der Waals surface area contributed by atoms with Gasteiger partial charge in [-0.15, -0.1) is 0 Å². The molecule has 3 heteroatoms. The fourth-order valence-electron chi connectivity index (χ4n) is 1.22. The minimum Gasteiger partial charge on any atom is -0.314 e. The molecule has 1 unspecified atom stereocenters. The quantitative estimate of drug-likeness (QED) is 0.882. The summed E-state index contributed by atoms with van der Waals surface area (Å²) in [5.74, 6) is 0. The number of hydrogen-bond donors (Lipinski definition) is 1. The first-order chi connectivity index (χ1) is 7.04. The standard InChI is InChI=1S/C12H15BrClN/c1-8(9(2)15-3)6-10-7-11(14)4-5-12(10)13/h4-7,9,15H,1-3H3/b8-6+. The highest BCUT2D eigenvalue weighted by Gasteiger charge is 2.03. The zero-order chi connectivity index (χ0) is 11.4. The van der Waals surface area contributed by atoms with Crippen molar-refractivity contribution in [2.75, 3.05) is 7.05 Å². The molecule has 0 bridgehead atoms. The molecule has 1 rings (SSSR count). The third-order valence-corrected chi connectivity index (χ3v) is 3.41. The lowest BCUT2D eigenvalue weighted by atomic mass is 10.1. The van der Waals surface area contributed by atoms with Gasteiger partial charge in [0.05, 0.1) is 0 Å². The Balaban J connectivity index is 3.01. The second-order valence-corrected chi connectivity index (χ2v) is 4.86. The Labute approximate surface area is 105 Å². The van der Waals surface area contributed by atoms with Gasteiger partial charge >= 0.3 is 0 Å². The summed E-state index contributed by atoms with van der Waals surface area (Å²) in [5, 5.41) is 3.96. The third-order valence-electron chi connectivity index (χ3n) is 2.46. The summed E-state index contributed by atoms with van der Waals surface area (Å²) in [7, 11) is 1.95. The zero-order valence-corrected chi connectivity index (χ0v) is 11.5. The topological polar surface area (TPSA) is 12.0 Å². The van der Waals surface area contributed by atoms with Crippen LogP contribution in [0.1, 0.15) is 19.4 Å². The Morgan fingerprint density at radius 3 is 2.80 bits per heavy atom. The second kappa shape index (κ2) is 5.69. The summed E-state index contributed by atoms with van der Waals surface area (Å²) < 4.78 is 1.06. The highest BCUT2D eigenvalue weighted by Crippen LogP contribution is 2.23. The minimum absolute atomic E-state index is 0.371. The van der Waals surface area contributed by atoms with E-state index in [-0.39, 0.29) is 0 Å². The molecule has 15 heavy (non-hydrogen) atoms. The average molecular weight is 289 g/mol. The van der Waals surface area contributed by atoms with Crippen LogP contribution in [0.25, 0.3) is 6.08 Å². The number of benzene rings is 1. The van der Waals surface area contributed by atoms with Crippen molar-refractivity contribution in [3.8, 4) is 0 Å². The van der Waals surface area contributed by atoms with Crippen LogP contribution in [0.4, 0.5) is 0 Å². The predicted octanol–water partition coefficient (Wildman–Crippen LogP) is 4.11. The van der Waals surface area contributed by atoms with Crippen LogP contribution in [-0.2, 0) is 0 Å². The lowest BCUT2D eigenvalue weighted by Crippen LogP contribution is -2.21. The van der Waals surface area contributed by atoms with Gasteiger partial charge in [-0.25, -0.2) is 0 Å². The van der Waals surface area contributed by atoms with Crippen molar-refractivity contribution < 1.29 is 0 Å². The van der Waals surface area contributed by atoms with Crippen LogP contribution in [0.15, 0.2) is 28.2 Å². The van der Waals surface area contributed by atoms with E-state index in [2.05, 4.69) is 41.2 Å². The summed E-state index contributed by atoms with van der Waals surface area (Å²) in [6.07, 6.45) is 2.14. The SMILES string of the molecule is CNC(C)/C(C)=C/c1cc(Cl)ccc1Br. The molecule has 1 atom stereocenters. The predicted molar refractivity (Wildman–Crippen MR) is 71.3 cm³/mol. The van der Waals surface area contributed by atoms with Crippen LogP contribution in [0.5, 0.6) is 0 Å². The van der Waals surface area contributed by atoms with Crippen molar-refractivity contribution in [1.29, 1.82) is 0 Å². The molecular weight excluding hydrogens is 273 g/mol. The first-order valence-electron chi connectivity index (χ1n) is 4.85. The van der Waals surface area contributed by atoms with E-state index in [9.17, 15) is 0 Å². The lowest BCUT2D eigenvalue weighted by molar-refractivity contribution is 0.696. The molecule has 1 N–H and O–H groups in total. The van der Waals surface area contributed by atoms with Crippen LogP contribution < -0.4 is 5.32 Å². The molecule has 1 aromatic carbocycles. The Morgan fingerprint density at radius 2 is 2.20 bits per heavy atom. The van der Waals surface area contributed by atoms with Gasteiger partial charge in [0.25, 0.3) is 0 Å². The van der Waals surface area contributed by atoms with E-state index in [0.29, 0.717) is 6.04 Å². The number of hydrogen-bond acceptors (Lipinski definition) is 1. The molecule has 0 heterocycles. The molecule has 1 aromatic rings. The van der Waals surface area contributed by atoms with Crippen molar-refractivity contribution in [1.82, 2.24) is 5.32 Å². The third kappa shape index (κ3) is 3.63. The molecule has 0 spiro atoms. The lowest BCUT2D eigenvalue weighted by Gasteiger charge is -2.11. The molecular formula is C12H15BrClN. The summed E-state index contributed by atoms with van der Waals surface area (Å²) in [6.45, 7) is 4.23. The molecule has 0 aliphatic heterocycles. The summed E-state index contributed by atoms with van der Waals surface area (Å²) >= 11 is 9.45. The maximum absolute atomic E-state index is 5.95. The molecule has 0 saturated carbocycles. The maximum atomic E-state index is 5.95. The van der Waals surface area contributed by atoms with Gasteiger partial charge in [0.15, 0.2) is 0 Å². The number of halogens is 2. The molecule has 0 aromatic heterocycles. The highest BCUT2D eigenvalue weighted by atomic mass is 79.9. The number of likely N-dealkylation sites (N-methyl/N-ethyl adjacent to an activating group) is 1. The van der Waals surface area contributed by atoms with Gasteiger partial charge in [-0.1, -0.05) is 39.2 Å². The summed E-state index contributed by atoms with van der Waals surface area (Å²) in [4.78, 5) is 0. The molecule has 0 aliphatic carbocycles. The van der Waals surface area contributed by atoms with Gasteiger partial charge in [0, 0.05) is 15.5 Å². The normalized spacial score (nSPS) is 14.1. The molecule has 0 fully saturated rings. The van der Waals surface area contributed by atoms with Crippen LogP contribution in [0.3, 0.4) is 0 Å². The van der Waals surface area contributed by atoms with Gasteiger partial charge in [-0.05, 0) is 44.7 Å². The van der Waals surface area contributed by atoms with Gasteiger partial charge in [0.1, 0.15) is 0 Å². The summed E-state index contributed by atoms with van der Waals surface area (Å²) in [5.41, 5.74) is 2.39. The minimum atomic E-state index is 0.371. The Bertz CT molecular complexity index is 374. The van der Waals surface area contributed by atoms with Gasteiger partial charge in [0.2, 0.25) is 0 Å². The van der Waals surface area contributed by atoms with Crippen LogP contribution in [-0.4, -0.2) is 13.1 Å². The fourth-order valence-corrected chi connectivity index (χ4v) is 1.76. The van der Waals surface area contributed by atoms with Gasteiger partial charge in [-0.2, -0.15) is 0 Å². The molecule has 82 valence electrons. The van der Waals surface area contributed by atoms with E-state index in [1.807, 2.05) is 25.2 Å². The largest absolute Gasteiger partial charge is 0.314 e. The zero-order valence-electron chi connectivity index (χ0n) is 9.14. The van der Waals surface area contributed by atoms with Crippen molar-refractivity contribution in [3.05, 3.63) is 38.8 Å². The van der Waals surface area contributed by atoms with Gasteiger partial charge < -0.3 is 5.32 Å². The maximum Gasteiger partial charge on any atom is 0.0412 e. The van der Waals surface area contributed by atoms with E-state index in [0.717, 1.165) is 15.1 Å². The van der Waals surface area contributed by atoms with E-state index in [1.54, 1.807) is 0 Å². The van der Waals surface area contributed by atoms with Crippen molar-refractivity contribution in [2.45, 2.75) is 19.9 Å². The van der Waals surface area contributed by atoms with E-state index in [4.69, 9.17) is 11.6 Å². The molecule has 0 amide bonds. The first kappa shape index (κ1) is 12.8. The van der Waals surface area contributed by atoms with Crippen LogP contribution in [0.2, 0.25) is 5.02 Å². The van der Waals surface area contributed by atoms with E-state index >= 15 is 0 Å². The van der Waals surface area contributed by atoms with E-state index < -0.39 is 0 Å². The summed E-state index contributed by atoms with van der Waals surface area (Å²) in [6, 6.07) is 6.17. The number of nitrogens with one attached hydrogen (secondary N) is 1. The smallest absolute Gasteiger partial charge is 0.0412 e. The first-order valence-corrected chi connectivity index (χ1v) is 6.02. The Kier molecular flexibility index (Phi) is 4.84. The molecule has 0 radical (unpaired) electrons. The molecule has 0 saturated heterocycles. The van der Waals surface area contributed by atoms with Crippen molar-refractivity contribution in [2.24, 2.45) is 0 Å². The van der Waals surface area contributed by atoms with Crippen LogP contribution in [0, 0.1) is 0 Å². The van der Waals surface area contributed by atoms with E-state index in [1.165, 1.54) is 5.57 Å². The monoisotopic (exact) mass is 287 g/mol. The fraction of sp³-hybridized carbons (Fsp3) is 0.333. The van der Waals surface area contributed by atoms with Crippen molar-refractivity contribution >= 4 is 33.6 Å². The second-order valence-electron chi connectivity index (χ2n) is 3.56. The number of rotatable bonds is 3. The molecule has 0 aliphatic rings. The molecule has 1 nitrogen and oxygen atoms in total. The van der Waals surface area contributed by atoms with Crippen molar-refractivity contribution in [3.63, 3.8) is 0 Å². The van der Waals surface area contributed by atoms with Crippen LogP contribution >= 0.6 is 27.5 Å².